The highest BCUT2D eigenvalue weighted by Gasteiger charge is 2.09. The van der Waals surface area contributed by atoms with E-state index in [1.54, 1.807) is 24.3 Å². The molecule has 0 saturated carbocycles. The molecule has 0 heterocycles. The van der Waals surface area contributed by atoms with Crippen LogP contribution in [0.5, 0.6) is 11.5 Å². The minimum absolute atomic E-state index is 0.0408. The summed E-state index contributed by atoms with van der Waals surface area (Å²) >= 11 is 0. The minimum Gasteiger partial charge on any atom is -0.508 e. The molecule has 10 nitrogen and oxygen atoms in total. The number of benzene rings is 8. The first kappa shape index (κ1) is 58.9. The molecular formula is C63H74O10. The summed E-state index contributed by atoms with van der Waals surface area (Å²) in [5.74, 6) is 0.598. The molecule has 0 amide bonds. The van der Waals surface area contributed by atoms with Gasteiger partial charge in [0.05, 0.1) is 52.9 Å². The predicted molar refractivity (Wildman–Crippen MR) is 292 cm³/mol. The van der Waals surface area contributed by atoms with E-state index in [9.17, 15) is 10.2 Å². The number of aliphatic hydroxyl groups excluding tert-OH is 8. The second-order valence-corrected chi connectivity index (χ2v) is 18.3. The second kappa shape index (κ2) is 29.7. The number of aryl methyl sites for hydroxylation is 6. The lowest BCUT2D eigenvalue weighted by Gasteiger charge is -2.14. The molecule has 386 valence electrons. The number of fused-ring (bicyclic) bond motifs is 1. The molecule has 0 aromatic heterocycles. The molecule has 0 fully saturated rings. The lowest BCUT2D eigenvalue weighted by molar-refractivity contribution is 0.272. The van der Waals surface area contributed by atoms with Crippen LogP contribution in [0.2, 0.25) is 0 Å². The zero-order chi connectivity index (χ0) is 53.6. The molecular weight excluding hydrogens is 917 g/mol. The zero-order valence-electron chi connectivity index (χ0n) is 43.3. The molecule has 0 aliphatic heterocycles. The van der Waals surface area contributed by atoms with Gasteiger partial charge < -0.3 is 51.1 Å². The molecule has 0 atom stereocenters. The molecule has 8 rings (SSSR count). The Kier molecular flexibility index (Phi) is 24.0. The van der Waals surface area contributed by atoms with Crippen LogP contribution in [0.25, 0.3) is 10.8 Å². The quantitative estimate of drug-likeness (QED) is 0.0561. The summed E-state index contributed by atoms with van der Waals surface area (Å²) in [6, 6.07) is 44.5. The van der Waals surface area contributed by atoms with Gasteiger partial charge in [0.2, 0.25) is 0 Å². The van der Waals surface area contributed by atoms with Crippen molar-refractivity contribution in [3.8, 4) is 11.5 Å². The molecule has 0 unspecified atom stereocenters. The molecule has 0 aliphatic carbocycles. The van der Waals surface area contributed by atoms with E-state index in [4.69, 9.17) is 40.9 Å². The smallest absolute Gasteiger partial charge is 0.115 e. The number of rotatable bonds is 12. The van der Waals surface area contributed by atoms with Crippen molar-refractivity contribution in [2.45, 2.75) is 114 Å². The maximum absolute atomic E-state index is 9.30. The van der Waals surface area contributed by atoms with E-state index in [-0.39, 0.29) is 52.9 Å². The van der Waals surface area contributed by atoms with E-state index in [1.165, 1.54) is 22.3 Å². The summed E-state index contributed by atoms with van der Waals surface area (Å²) in [6.45, 7) is 14.1. The topological polar surface area (TPSA) is 202 Å². The van der Waals surface area contributed by atoms with E-state index >= 15 is 0 Å². The fraction of sp³-hybridized carbons (Fsp3) is 0.270. The van der Waals surface area contributed by atoms with Crippen molar-refractivity contribution in [3.05, 3.63) is 245 Å². The van der Waals surface area contributed by atoms with Crippen molar-refractivity contribution in [2.75, 3.05) is 0 Å². The maximum atomic E-state index is 9.30. The van der Waals surface area contributed by atoms with E-state index in [0.29, 0.717) is 11.5 Å². The van der Waals surface area contributed by atoms with E-state index in [0.717, 1.165) is 107 Å². The van der Waals surface area contributed by atoms with Crippen LogP contribution >= 0.6 is 0 Å². The summed E-state index contributed by atoms with van der Waals surface area (Å²) in [5.41, 5.74) is 19.6. The third kappa shape index (κ3) is 17.8. The zero-order valence-corrected chi connectivity index (χ0v) is 43.3. The van der Waals surface area contributed by atoms with Crippen LogP contribution in [0.3, 0.4) is 0 Å². The van der Waals surface area contributed by atoms with Crippen LogP contribution < -0.4 is 0 Å². The fourth-order valence-electron chi connectivity index (χ4n) is 8.34. The van der Waals surface area contributed by atoms with Crippen LogP contribution in [-0.2, 0) is 65.7 Å². The summed E-state index contributed by atoms with van der Waals surface area (Å²) in [5, 5.41) is 92.7. The van der Waals surface area contributed by atoms with Crippen LogP contribution in [0.4, 0.5) is 0 Å². The van der Waals surface area contributed by atoms with Gasteiger partial charge in [-0.2, -0.15) is 0 Å². The first-order valence-electron chi connectivity index (χ1n) is 24.3. The molecule has 10 heteroatoms. The minimum atomic E-state index is 0.0408. The standard InChI is InChI=1S/C20H18O2.C12H12O2.C11H16O2.2C10H14O2/c21-19-9-5-17(6-10-19)13-15-1-2-16(4-3-15)14-18-7-11-20(22)12-8-18;13-7-9-1-3-11-6-10(8-14)2-4-12(11)5-9;1-7-4-8(2)11(6-13)9(3)10(7)5-12;1-7-3-10(6-12)8(2)4-9(7)5-11;1-7-3-8(2)10(6-12)4-9(7)5-11/h1-12,21-22H,13-14H2;1-6,13-14H,7-8H2;4,12-13H,5-6H2,1-3H3;2*3-4,11-12H,5-6H2,1-2H3. The largest absolute Gasteiger partial charge is 0.508 e. The highest BCUT2D eigenvalue weighted by Crippen LogP contribution is 2.23. The molecule has 0 aliphatic rings. The second-order valence-electron chi connectivity index (χ2n) is 18.3. The van der Waals surface area contributed by atoms with Gasteiger partial charge in [0.15, 0.2) is 0 Å². The molecule has 8 aromatic rings. The third-order valence-corrected chi connectivity index (χ3v) is 12.9. The van der Waals surface area contributed by atoms with Gasteiger partial charge in [-0.1, -0.05) is 103 Å². The molecule has 0 bridgehead atoms. The summed E-state index contributed by atoms with van der Waals surface area (Å²) < 4.78 is 0. The Hall–Kier alpha value is -6.70. The number of phenolic OH excluding ortho intramolecular Hbond substituents is 2. The first-order valence-corrected chi connectivity index (χ1v) is 24.3. The van der Waals surface area contributed by atoms with Crippen molar-refractivity contribution < 1.29 is 51.1 Å². The average molecular weight is 991 g/mol. The van der Waals surface area contributed by atoms with Crippen LogP contribution in [-0.4, -0.2) is 51.1 Å². The van der Waals surface area contributed by atoms with Gasteiger partial charge in [-0.15, -0.1) is 0 Å². The number of aromatic hydroxyl groups is 2. The normalized spacial score (nSPS) is 10.5. The Morgan fingerprint density at radius 1 is 0.260 bits per heavy atom. The van der Waals surface area contributed by atoms with Gasteiger partial charge in [-0.05, 0) is 214 Å². The number of hydrogen-bond donors (Lipinski definition) is 10. The van der Waals surface area contributed by atoms with Crippen LogP contribution in [0.1, 0.15) is 106 Å². The Labute approximate surface area is 431 Å². The lowest BCUT2D eigenvalue weighted by Crippen LogP contribution is -2.01. The van der Waals surface area contributed by atoms with E-state index < -0.39 is 0 Å². The van der Waals surface area contributed by atoms with Crippen LogP contribution in [0, 0.1) is 48.5 Å². The Bertz CT molecular complexity index is 2770. The fourth-order valence-corrected chi connectivity index (χ4v) is 8.34. The third-order valence-electron chi connectivity index (χ3n) is 12.9. The Morgan fingerprint density at radius 3 is 0.836 bits per heavy atom. The monoisotopic (exact) mass is 991 g/mol. The Morgan fingerprint density at radius 2 is 0.534 bits per heavy atom. The molecule has 0 spiro atoms. The van der Waals surface area contributed by atoms with Gasteiger partial charge in [0, 0.05) is 0 Å². The van der Waals surface area contributed by atoms with Crippen molar-refractivity contribution in [1.29, 1.82) is 0 Å². The Balaban J connectivity index is 0.000000203. The van der Waals surface area contributed by atoms with Gasteiger partial charge in [-0.3, -0.25) is 0 Å². The highest BCUT2D eigenvalue weighted by atomic mass is 16.3. The molecule has 0 radical (unpaired) electrons. The van der Waals surface area contributed by atoms with Gasteiger partial charge in [0.25, 0.3) is 0 Å². The molecule has 0 saturated heterocycles. The van der Waals surface area contributed by atoms with Crippen molar-refractivity contribution in [3.63, 3.8) is 0 Å². The maximum Gasteiger partial charge on any atom is 0.115 e. The summed E-state index contributed by atoms with van der Waals surface area (Å²) in [4.78, 5) is 0. The number of hydrogen-bond acceptors (Lipinski definition) is 10. The van der Waals surface area contributed by atoms with Crippen molar-refractivity contribution in [2.24, 2.45) is 0 Å². The lowest BCUT2D eigenvalue weighted by atomic mass is 9.94. The van der Waals surface area contributed by atoms with Gasteiger partial charge in [-0.25, -0.2) is 0 Å². The SMILES string of the molecule is Cc1cc(C)c(CO)c(C)c1CO.Cc1cc(C)c(CO)cc1CO.Cc1cc(CO)c(C)cc1CO.OCc1ccc2cc(CO)ccc2c1.Oc1ccc(Cc2ccc(Cc3ccc(O)cc3)cc2)cc1. The van der Waals surface area contributed by atoms with Gasteiger partial charge in [0.1, 0.15) is 11.5 Å². The summed E-state index contributed by atoms with van der Waals surface area (Å²) in [6.07, 6.45) is 1.72. The molecule has 73 heavy (non-hydrogen) atoms. The average Bonchev–Trinajstić information content (AvgIpc) is 3.39. The van der Waals surface area contributed by atoms with E-state index in [2.05, 4.69) is 24.3 Å². The van der Waals surface area contributed by atoms with Crippen molar-refractivity contribution in [1.82, 2.24) is 0 Å². The summed E-state index contributed by atoms with van der Waals surface area (Å²) in [7, 11) is 0. The molecule has 10 N–H and O–H groups in total. The number of phenols is 2. The van der Waals surface area contributed by atoms with Crippen molar-refractivity contribution >= 4 is 10.8 Å². The van der Waals surface area contributed by atoms with E-state index in [1.807, 2.05) is 139 Å². The highest BCUT2D eigenvalue weighted by molar-refractivity contribution is 5.83. The molecule has 8 aromatic carbocycles. The predicted octanol–water partition coefficient (Wildman–Crippen LogP) is 10.3. The first-order chi connectivity index (χ1) is 35.0. The van der Waals surface area contributed by atoms with Crippen LogP contribution in [0.15, 0.2) is 140 Å². The van der Waals surface area contributed by atoms with Gasteiger partial charge >= 0.3 is 0 Å². The number of aliphatic hydroxyl groups is 8.